The predicted molar refractivity (Wildman–Crippen MR) is 80.1 cm³/mol. The lowest BCUT2D eigenvalue weighted by Crippen LogP contribution is -1.92. The minimum Gasteiger partial charge on any atom is -0.389 e. The lowest BCUT2D eigenvalue weighted by Gasteiger charge is -2.09. The number of halogens is 1. The highest BCUT2D eigenvalue weighted by Gasteiger charge is 2.07. The van der Waals surface area contributed by atoms with Gasteiger partial charge in [0, 0.05) is 14.3 Å². The van der Waals surface area contributed by atoms with Crippen LogP contribution in [0.2, 0.25) is 0 Å². The highest BCUT2D eigenvalue weighted by Crippen LogP contribution is 2.33. The van der Waals surface area contributed by atoms with Crippen molar-refractivity contribution >= 4 is 27.7 Å². The zero-order valence-electron chi connectivity index (χ0n) is 10.4. The SMILES string of the molecule is Cc1cccc(Sc2ccc([C@H](C)O)c(Br)c2)c1. The van der Waals surface area contributed by atoms with E-state index >= 15 is 0 Å². The van der Waals surface area contributed by atoms with Gasteiger partial charge in [0.15, 0.2) is 0 Å². The van der Waals surface area contributed by atoms with Crippen molar-refractivity contribution in [2.24, 2.45) is 0 Å². The Morgan fingerprint density at radius 2 is 1.83 bits per heavy atom. The lowest BCUT2D eigenvalue weighted by molar-refractivity contribution is 0.198. The van der Waals surface area contributed by atoms with Gasteiger partial charge in [-0.25, -0.2) is 0 Å². The molecule has 0 saturated heterocycles. The molecule has 0 aromatic heterocycles. The Bertz CT molecular complexity index is 552. The van der Waals surface area contributed by atoms with Crippen LogP contribution in [-0.2, 0) is 0 Å². The molecule has 0 unspecified atom stereocenters. The maximum Gasteiger partial charge on any atom is 0.0772 e. The molecule has 94 valence electrons. The normalized spacial score (nSPS) is 12.4. The van der Waals surface area contributed by atoms with Crippen molar-refractivity contribution in [3.63, 3.8) is 0 Å². The number of benzene rings is 2. The molecule has 0 aliphatic heterocycles. The molecular weight excluding hydrogens is 308 g/mol. The van der Waals surface area contributed by atoms with Gasteiger partial charge in [-0.2, -0.15) is 0 Å². The van der Waals surface area contributed by atoms with Gasteiger partial charge < -0.3 is 5.11 Å². The molecule has 1 N–H and O–H groups in total. The molecule has 0 spiro atoms. The van der Waals surface area contributed by atoms with Gasteiger partial charge in [0.2, 0.25) is 0 Å². The third-order valence-corrected chi connectivity index (χ3v) is 4.31. The molecule has 0 aliphatic rings. The smallest absolute Gasteiger partial charge is 0.0772 e. The van der Waals surface area contributed by atoms with E-state index in [0.717, 1.165) is 14.9 Å². The summed E-state index contributed by atoms with van der Waals surface area (Å²) in [6, 6.07) is 14.5. The molecular formula is C15H15BrOS. The zero-order valence-corrected chi connectivity index (χ0v) is 12.8. The summed E-state index contributed by atoms with van der Waals surface area (Å²) in [6.45, 7) is 3.87. The fraction of sp³-hybridized carbons (Fsp3) is 0.200. The van der Waals surface area contributed by atoms with Gasteiger partial charge >= 0.3 is 0 Å². The van der Waals surface area contributed by atoms with Gasteiger partial charge in [-0.15, -0.1) is 0 Å². The van der Waals surface area contributed by atoms with Gasteiger partial charge in [0.1, 0.15) is 0 Å². The summed E-state index contributed by atoms with van der Waals surface area (Å²) in [5, 5.41) is 9.58. The molecule has 0 bridgehead atoms. The third kappa shape index (κ3) is 3.37. The number of aliphatic hydroxyl groups excluding tert-OH is 1. The van der Waals surface area contributed by atoms with E-state index in [9.17, 15) is 5.11 Å². The van der Waals surface area contributed by atoms with E-state index in [1.54, 1.807) is 18.7 Å². The van der Waals surface area contributed by atoms with Crippen molar-refractivity contribution in [1.82, 2.24) is 0 Å². The first-order chi connectivity index (χ1) is 8.56. The Morgan fingerprint density at radius 3 is 2.44 bits per heavy atom. The summed E-state index contributed by atoms with van der Waals surface area (Å²) >= 11 is 5.23. The summed E-state index contributed by atoms with van der Waals surface area (Å²) in [5.41, 5.74) is 2.18. The third-order valence-electron chi connectivity index (χ3n) is 2.65. The van der Waals surface area contributed by atoms with E-state index in [1.165, 1.54) is 10.5 Å². The molecule has 2 aromatic rings. The summed E-state index contributed by atoms with van der Waals surface area (Å²) in [6.07, 6.45) is -0.447. The Balaban J connectivity index is 2.23. The maximum absolute atomic E-state index is 9.58. The van der Waals surface area contributed by atoms with Crippen LogP contribution >= 0.6 is 27.7 Å². The summed E-state index contributed by atoms with van der Waals surface area (Å²) in [4.78, 5) is 2.39. The van der Waals surface area contributed by atoms with Crippen LogP contribution in [0.15, 0.2) is 56.7 Å². The molecule has 0 heterocycles. The van der Waals surface area contributed by atoms with Crippen LogP contribution < -0.4 is 0 Å². The summed E-state index contributed by atoms with van der Waals surface area (Å²) in [5.74, 6) is 0. The first kappa shape index (κ1) is 13.7. The van der Waals surface area contributed by atoms with Crippen LogP contribution in [-0.4, -0.2) is 5.11 Å². The van der Waals surface area contributed by atoms with Crippen molar-refractivity contribution in [2.75, 3.05) is 0 Å². The fourth-order valence-electron chi connectivity index (χ4n) is 1.73. The van der Waals surface area contributed by atoms with Gasteiger partial charge in [0.25, 0.3) is 0 Å². The first-order valence-electron chi connectivity index (χ1n) is 5.78. The van der Waals surface area contributed by atoms with Crippen molar-refractivity contribution in [2.45, 2.75) is 29.7 Å². The van der Waals surface area contributed by atoms with E-state index in [-0.39, 0.29) is 0 Å². The average Bonchev–Trinajstić information content (AvgIpc) is 2.28. The van der Waals surface area contributed by atoms with E-state index in [0.29, 0.717) is 0 Å². The molecule has 2 aromatic carbocycles. The van der Waals surface area contributed by atoms with E-state index < -0.39 is 6.10 Å². The van der Waals surface area contributed by atoms with E-state index in [1.807, 2.05) is 12.1 Å². The number of hydrogen-bond donors (Lipinski definition) is 1. The van der Waals surface area contributed by atoms with Crippen LogP contribution in [0.25, 0.3) is 0 Å². The highest BCUT2D eigenvalue weighted by molar-refractivity contribution is 9.10. The topological polar surface area (TPSA) is 20.2 Å². The second-order valence-electron chi connectivity index (χ2n) is 4.28. The molecule has 0 radical (unpaired) electrons. The zero-order chi connectivity index (χ0) is 13.1. The van der Waals surface area contributed by atoms with E-state index in [4.69, 9.17) is 0 Å². The number of rotatable bonds is 3. The molecule has 2 rings (SSSR count). The van der Waals surface area contributed by atoms with Gasteiger partial charge in [-0.1, -0.05) is 51.5 Å². The van der Waals surface area contributed by atoms with Gasteiger partial charge in [-0.05, 0) is 43.7 Å². The molecule has 0 amide bonds. The molecule has 0 fully saturated rings. The van der Waals surface area contributed by atoms with Crippen LogP contribution in [0.4, 0.5) is 0 Å². The van der Waals surface area contributed by atoms with Crippen molar-refractivity contribution in [3.8, 4) is 0 Å². The standard InChI is InChI=1S/C15H15BrOS/c1-10-4-3-5-12(8-10)18-13-6-7-14(11(2)17)15(16)9-13/h3-9,11,17H,1-2H3/t11-/m0/s1. The Hall–Kier alpha value is -0.770. The highest BCUT2D eigenvalue weighted by atomic mass is 79.9. The largest absolute Gasteiger partial charge is 0.389 e. The quantitative estimate of drug-likeness (QED) is 0.861. The predicted octanol–water partition coefficient (Wildman–Crippen LogP) is 4.96. The Labute approximate surface area is 120 Å². The minimum atomic E-state index is -0.447. The fourth-order valence-corrected chi connectivity index (χ4v) is 3.56. The minimum absolute atomic E-state index is 0.447. The second kappa shape index (κ2) is 5.91. The van der Waals surface area contributed by atoms with Crippen molar-refractivity contribution in [1.29, 1.82) is 0 Å². The van der Waals surface area contributed by atoms with Crippen LogP contribution in [0.3, 0.4) is 0 Å². The molecule has 0 saturated carbocycles. The number of aryl methyl sites for hydroxylation is 1. The molecule has 1 nitrogen and oxygen atoms in total. The van der Waals surface area contributed by atoms with Crippen LogP contribution in [0.1, 0.15) is 24.2 Å². The second-order valence-corrected chi connectivity index (χ2v) is 6.28. The number of aliphatic hydroxyl groups is 1. The lowest BCUT2D eigenvalue weighted by atomic mass is 10.1. The van der Waals surface area contributed by atoms with Crippen LogP contribution in [0, 0.1) is 6.92 Å². The van der Waals surface area contributed by atoms with Crippen molar-refractivity contribution < 1.29 is 5.11 Å². The van der Waals surface area contributed by atoms with Crippen molar-refractivity contribution in [3.05, 3.63) is 58.1 Å². The Morgan fingerprint density at radius 1 is 1.11 bits per heavy atom. The summed E-state index contributed by atoms with van der Waals surface area (Å²) in [7, 11) is 0. The molecule has 1 atom stereocenters. The van der Waals surface area contributed by atoms with E-state index in [2.05, 4.69) is 53.2 Å². The Kier molecular flexibility index (Phi) is 4.49. The molecule has 0 aliphatic carbocycles. The molecule has 3 heteroatoms. The monoisotopic (exact) mass is 322 g/mol. The first-order valence-corrected chi connectivity index (χ1v) is 7.39. The maximum atomic E-state index is 9.58. The number of hydrogen-bond acceptors (Lipinski definition) is 2. The molecule has 18 heavy (non-hydrogen) atoms. The van der Waals surface area contributed by atoms with Gasteiger partial charge in [-0.3, -0.25) is 0 Å². The van der Waals surface area contributed by atoms with Gasteiger partial charge in [0.05, 0.1) is 6.10 Å². The van der Waals surface area contributed by atoms with Crippen LogP contribution in [0.5, 0.6) is 0 Å². The average molecular weight is 323 g/mol. The summed E-state index contributed by atoms with van der Waals surface area (Å²) < 4.78 is 0.954.